The molecule has 0 radical (unpaired) electrons. The number of amides is 1. The molecule has 2 N–H and O–H groups in total. The van der Waals surface area contributed by atoms with Gasteiger partial charge in [0.15, 0.2) is 0 Å². The fourth-order valence-corrected chi connectivity index (χ4v) is 4.90. The molecule has 6 nitrogen and oxygen atoms in total. The van der Waals surface area contributed by atoms with Crippen molar-refractivity contribution < 1.29 is 48.5 Å². The maximum Gasteiger partial charge on any atom is 1.00 e. The average molecular weight is 556 g/mol. The zero-order chi connectivity index (χ0) is 27.8. The van der Waals surface area contributed by atoms with Crippen molar-refractivity contribution in [2.24, 2.45) is 0 Å². The van der Waals surface area contributed by atoms with Crippen molar-refractivity contribution in [1.82, 2.24) is 5.32 Å². The van der Waals surface area contributed by atoms with E-state index in [-0.39, 0.29) is 51.0 Å². The van der Waals surface area contributed by atoms with Crippen LogP contribution in [-0.4, -0.2) is 41.1 Å². The Morgan fingerprint density at radius 3 is 2.45 bits per heavy atom. The van der Waals surface area contributed by atoms with Crippen LogP contribution in [0.2, 0.25) is 0 Å². The fourth-order valence-electron chi connectivity index (χ4n) is 4.29. The molecule has 1 aromatic heterocycles. The number of aliphatic carboxylic acids is 1. The van der Waals surface area contributed by atoms with E-state index in [4.69, 9.17) is 9.15 Å². The van der Waals surface area contributed by atoms with Gasteiger partial charge < -0.3 is 21.0 Å². The number of halogens is 1. The smallest absolute Gasteiger partial charge is 1.00 e. The van der Waals surface area contributed by atoms with Gasteiger partial charge in [0.05, 0.1) is 6.61 Å². The molecule has 4 rings (SSSR count). The van der Waals surface area contributed by atoms with Gasteiger partial charge in [-0.1, -0.05) is 54.6 Å². The first-order valence-corrected chi connectivity index (χ1v) is 13.8. The summed E-state index contributed by atoms with van der Waals surface area (Å²) < 4.78 is 25.1. The number of rotatable bonds is 12. The van der Waals surface area contributed by atoms with Crippen LogP contribution < -0.4 is 24.2 Å². The van der Waals surface area contributed by atoms with Gasteiger partial charge in [-0.2, -0.15) is 11.8 Å². The number of ether oxygens (including phenoxy) is 1. The molecule has 40 heavy (non-hydrogen) atoms. The standard InChI is InChI=1S/C31H30FNO5S.Li.H/c1-20-8-3-4-11-25(20)26-12-5-6-13-27(26)30(34)33-28(31(35)36)17-24(39-2)19-37-18-23-14-15-29(38-23)21-9-7-10-22(32)16-21;;/h3-16,24,28H,17-19H2,1-2H3,(H,33,34)(H,35,36);;/q;+1;-1. The van der Waals surface area contributed by atoms with Gasteiger partial charge >= 0.3 is 24.8 Å². The van der Waals surface area contributed by atoms with Crippen molar-refractivity contribution in [3.05, 3.63) is 108 Å². The number of carbonyl (C=O) groups is 2. The van der Waals surface area contributed by atoms with Gasteiger partial charge in [-0.05, 0) is 66.6 Å². The van der Waals surface area contributed by atoms with E-state index in [1.54, 1.807) is 36.4 Å². The van der Waals surface area contributed by atoms with Crippen LogP contribution >= 0.6 is 11.8 Å². The van der Waals surface area contributed by atoms with Crippen LogP contribution in [0.3, 0.4) is 0 Å². The molecule has 1 heterocycles. The molecule has 0 bridgehead atoms. The number of hydrogen-bond donors (Lipinski definition) is 2. The van der Waals surface area contributed by atoms with Gasteiger partial charge in [0.1, 0.15) is 30.0 Å². The molecule has 0 aliphatic heterocycles. The molecule has 1 amide bonds. The summed E-state index contributed by atoms with van der Waals surface area (Å²) in [6, 6.07) is 23.5. The minimum Gasteiger partial charge on any atom is -1.00 e. The van der Waals surface area contributed by atoms with E-state index in [9.17, 15) is 19.1 Å². The zero-order valence-electron chi connectivity index (χ0n) is 23.7. The van der Waals surface area contributed by atoms with Gasteiger partial charge in [-0.25, -0.2) is 9.18 Å². The number of carbonyl (C=O) groups excluding carboxylic acids is 1. The monoisotopic (exact) mass is 555 g/mol. The number of aryl methyl sites for hydroxylation is 1. The van der Waals surface area contributed by atoms with Gasteiger partial charge in [-0.3, -0.25) is 4.79 Å². The summed E-state index contributed by atoms with van der Waals surface area (Å²) in [4.78, 5) is 25.3. The number of hydrogen-bond acceptors (Lipinski definition) is 5. The van der Waals surface area contributed by atoms with Crippen LogP contribution in [0, 0.1) is 12.7 Å². The molecule has 2 unspecified atom stereocenters. The van der Waals surface area contributed by atoms with Crippen molar-refractivity contribution in [2.75, 3.05) is 12.9 Å². The summed E-state index contributed by atoms with van der Waals surface area (Å²) in [6.07, 6.45) is 2.05. The Labute approximate surface area is 251 Å². The minimum absolute atomic E-state index is 0. The van der Waals surface area contributed by atoms with Crippen molar-refractivity contribution in [1.29, 1.82) is 0 Å². The predicted octanol–water partition coefficient (Wildman–Crippen LogP) is 3.70. The Morgan fingerprint density at radius 1 is 1.02 bits per heavy atom. The molecule has 3 aromatic carbocycles. The van der Waals surface area contributed by atoms with E-state index in [1.807, 2.05) is 49.6 Å². The second-order valence-electron chi connectivity index (χ2n) is 9.11. The van der Waals surface area contributed by atoms with E-state index < -0.39 is 17.9 Å². The maximum absolute atomic E-state index is 13.5. The van der Waals surface area contributed by atoms with Gasteiger partial charge in [-0.15, -0.1) is 0 Å². The number of nitrogens with one attached hydrogen (secondary N) is 1. The van der Waals surface area contributed by atoms with E-state index in [2.05, 4.69) is 5.32 Å². The van der Waals surface area contributed by atoms with Gasteiger partial charge in [0.25, 0.3) is 5.91 Å². The van der Waals surface area contributed by atoms with Crippen molar-refractivity contribution in [3.8, 4) is 22.5 Å². The molecule has 0 fully saturated rings. The topological polar surface area (TPSA) is 88.8 Å². The summed E-state index contributed by atoms with van der Waals surface area (Å²) in [6.45, 7) is 2.41. The predicted molar refractivity (Wildman–Crippen MR) is 152 cm³/mol. The van der Waals surface area contributed by atoms with Gasteiger partial charge in [0, 0.05) is 16.4 Å². The van der Waals surface area contributed by atoms with Crippen LogP contribution in [-0.2, 0) is 16.1 Å². The summed E-state index contributed by atoms with van der Waals surface area (Å²) in [5.74, 6) is -0.786. The number of carboxylic acids is 1. The third kappa shape index (κ3) is 8.12. The Hall–Kier alpha value is -3.28. The van der Waals surface area contributed by atoms with Crippen molar-refractivity contribution in [3.63, 3.8) is 0 Å². The summed E-state index contributed by atoms with van der Waals surface area (Å²) in [7, 11) is 0. The number of carboxylic acid groups (broad SMARTS) is 1. The molecular weight excluding hydrogens is 524 g/mol. The molecule has 0 saturated heterocycles. The summed E-state index contributed by atoms with van der Waals surface area (Å²) in [5.41, 5.74) is 3.74. The number of thioether (sulfide) groups is 1. The Bertz CT molecular complexity index is 1450. The quantitative estimate of drug-likeness (QED) is 0.259. The van der Waals surface area contributed by atoms with Gasteiger partial charge in [0.2, 0.25) is 0 Å². The molecular formula is C31H31FLiNO5S. The SMILES string of the molecule is CSC(COCc1ccc(-c2cccc(F)c2)o1)CC(NC(=O)c1ccccc1-c1ccccc1C)C(=O)O.[H-].[Li+]. The van der Waals surface area contributed by atoms with E-state index >= 15 is 0 Å². The number of furan rings is 1. The molecule has 0 saturated carbocycles. The molecule has 0 spiro atoms. The second kappa shape index (κ2) is 14.9. The maximum atomic E-state index is 13.5. The van der Waals surface area contributed by atoms with Crippen LogP contribution in [0.1, 0.15) is 29.5 Å². The van der Waals surface area contributed by atoms with Crippen LogP contribution in [0.5, 0.6) is 0 Å². The molecule has 204 valence electrons. The second-order valence-corrected chi connectivity index (χ2v) is 10.2. The Kier molecular flexibility index (Phi) is 11.7. The third-order valence-corrected chi connectivity index (χ3v) is 7.36. The Balaban J connectivity index is 0.00000294. The molecule has 9 heteroatoms. The first-order valence-electron chi connectivity index (χ1n) is 12.5. The molecule has 2 atom stereocenters. The molecule has 4 aromatic rings. The van der Waals surface area contributed by atoms with Crippen LogP contribution in [0.25, 0.3) is 22.5 Å². The molecule has 0 aliphatic rings. The summed E-state index contributed by atoms with van der Waals surface area (Å²) >= 11 is 1.47. The summed E-state index contributed by atoms with van der Waals surface area (Å²) in [5, 5.41) is 12.4. The third-order valence-electron chi connectivity index (χ3n) is 6.36. The zero-order valence-corrected chi connectivity index (χ0v) is 23.5. The van der Waals surface area contributed by atoms with E-state index in [0.29, 0.717) is 22.6 Å². The van der Waals surface area contributed by atoms with Crippen LogP contribution in [0.15, 0.2) is 89.3 Å². The normalized spacial score (nSPS) is 12.3. The molecule has 0 aliphatic carbocycles. The average Bonchev–Trinajstić information content (AvgIpc) is 3.41. The van der Waals surface area contributed by atoms with Crippen molar-refractivity contribution >= 4 is 23.6 Å². The van der Waals surface area contributed by atoms with E-state index in [0.717, 1.165) is 16.7 Å². The first-order chi connectivity index (χ1) is 18.9. The van der Waals surface area contributed by atoms with E-state index in [1.165, 1.54) is 23.9 Å². The fraction of sp³-hybridized carbons (Fsp3) is 0.226. The van der Waals surface area contributed by atoms with Crippen LogP contribution in [0.4, 0.5) is 4.39 Å². The Morgan fingerprint density at radius 2 is 1.75 bits per heavy atom. The number of benzene rings is 3. The minimum atomic E-state index is -1.11. The largest absolute Gasteiger partial charge is 1.00 e. The van der Waals surface area contributed by atoms with Crippen molar-refractivity contribution in [2.45, 2.75) is 31.2 Å². The first kappa shape index (κ1) is 31.2.